The zero-order valence-corrected chi connectivity index (χ0v) is 12.1. The Morgan fingerprint density at radius 1 is 0.714 bits per heavy atom. The standard InChI is InChI=1S/C20H15N/c1-11-7-9-14-18-15(10-8-12(2)17(11)18)20-19(14)13-5-3-4-6-16(13)21-20/h3-10,21H,1-2H3. The van der Waals surface area contributed by atoms with Crippen molar-refractivity contribution in [3.8, 4) is 22.4 Å². The van der Waals surface area contributed by atoms with E-state index < -0.39 is 0 Å². The van der Waals surface area contributed by atoms with E-state index in [0.29, 0.717) is 0 Å². The van der Waals surface area contributed by atoms with Crippen molar-refractivity contribution < 1.29 is 0 Å². The van der Waals surface area contributed by atoms with E-state index >= 15 is 0 Å². The van der Waals surface area contributed by atoms with Gasteiger partial charge in [-0.3, -0.25) is 0 Å². The zero-order valence-electron chi connectivity index (χ0n) is 12.1. The van der Waals surface area contributed by atoms with E-state index in [4.69, 9.17) is 0 Å². The van der Waals surface area contributed by atoms with Crippen LogP contribution in [0.15, 0.2) is 48.5 Å². The molecule has 1 aliphatic rings. The second-order valence-electron chi connectivity index (χ2n) is 6.03. The van der Waals surface area contributed by atoms with Gasteiger partial charge in [-0.15, -0.1) is 0 Å². The third kappa shape index (κ3) is 1.22. The Bertz CT molecular complexity index is 1040. The Morgan fingerprint density at radius 3 is 2.24 bits per heavy atom. The van der Waals surface area contributed by atoms with Crippen molar-refractivity contribution >= 4 is 21.7 Å². The Labute approximate surface area is 123 Å². The van der Waals surface area contributed by atoms with Crippen molar-refractivity contribution in [3.63, 3.8) is 0 Å². The highest BCUT2D eigenvalue weighted by atomic mass is 14.7. The lowest BCUT2D eigenvalue weighted by molar-refractivity contribution is 1.45. The molecule has 0 saturated carbocycles. The number of aryl methyl sites for hydroxylation is 2. The summed E-state index contributed by atoms with van der Waals surface area (Å²) in [5.74, 6) is 0. The molecule has 0 spiro atoms. The highest BCUT2D eigenvalue weighted by Crippen LogP contribution is 2.51. The van der Waals surface area contributed by atoms with E-state index in [9.17, 15) is 0 Å². The number of benzene rings is 3. The van der Waals surface area contributed by atoms with Crippen LogP contribution in [0.2, 0.25) is 0 Å². The molecule has 4 aromatic rings. The normalized spacial score (nSPS) is 12.3. The van der Waals surface area contributed by atoms with E-state index in [1.165, 1.54) is 55.2 Å². The van der Waals surface area contributed by atoms with E-state index in [0.717, 1.165) is 0 Å². The van der Waals surface area contributed by atoms with Gasteiger partial charge in [-0.1, -0.05) is 42.5 Å². The molecule has 0 aliphatic heterocycles. The summed E-state index contributed by atoms with van der Waals surface area (Å²) in [7, 11) is 0. The molecule has 21 heavy (non-hydrogen) atoms. The zero-order chi connectivity index (χ0) is 14.1. The minimum atomic E-state index is 1.22. The first-order chi connectivity index (χ1) is 10.3. The number of H-pyrrole nitrogens is 1. The Morgan fingerprint density at radius 2 is 1.43 bits per heavy atom. The number of fused-ring (bicyclic) bond motifs is 5. The summed E-state index contributed by atoms with van der Waals surface area (Å²) in [6.45, 7) is 4.42. The highest BCUT2D eigenvalue weighted by Gasteiger charge is 2.26. The fourth-order valence-corrected chi connectivity index (χ4v) is 3.91. The molecule has 1 N–H and O–H groups in total. The van der Waals surface area contributed by atoms with Gasteiger partial charge < -0.3 is 4.98 Å². The van der Waals surface area contributed by atoms with Crippen LogP contribution < -0.4 is 0 Å². The van der Waals surface area contributed by atoms with Gasteiger partial charge in [0.25, 0.3) is 0 Å². The third-order valence-electron chi connectivity index (χ3n) is 4.82. The first-order valence-electron chi connectivity index (χ1n) is 7.40. The van der Waals surface area contributed by atoms with E-state index in [2.05, 4.69) is 67.4 Å². The van der Waals surface area contributed by atoms with Gasteiger partial charge >= 0.3 is 0 Å². The van der Waals surface area contributed by atoms with Crippen LogP contribution in [0.4, 0.5) is 0 Å². The number of aromatic amines is 1. The molecule has 0 bridgehead atoms. The van der Waals surface area contributed by atoms with Crippen molar-refractivity contribution in [2.24, 2.45) is 0 Å². The summed E-state index contributed by atoms with van der Waals surface area (Å²) in [6.07, 6.45) is 0. The molecule has 0 saturated heterocycles. The van der Waals surface area contributed by atoms with Crippen LogP contribution in [0.1, 0.15) is 11.1 Å². The largest absolute Gasteiger partial charge is 0.354 e. The molecular formula is C20H15N. The summed E-state index contributed by atoms with van der Waals surface area (Å²) in [5.41, 5.74) is 9.33. The van der Waals surface area contributed by atoms with Crippen molar-refractivity contribution in [2.75, 3.05) is 0 Å². The molecule has 100 valence electrons. The topological polar surface area (TPSA) is 15.8 Å². The van der Waals surface area contributed by atoms with Crippen LogP contribution in [0.3, 0.4) is 0 Å². The van der Waals surface area contributed by atoms with Gasteiger partial charge in [-0.2, -0.15) is 0 Å². The molecule has 1 aliphatic carbocycles. The lowest BCUT2D eigenvalue weighted by atomic mass is 9.95. The number of hydrogen-bond acceptors (Lipinski definition) is 0. The number of rotatable bonds is 0. The van der Waals surface area contributed by atoms with Crippen LogP contribution in [-0.2, 0) is 0 Å². The van der Waals surface area contributed by atoms with Crippen LogP contribution >= 0.6 is 0 Å². The average Bonchev–Trinajstić information content (AvgIpc) is 3.00. The molecule has 3 aromatic carbocycles. The van der Waals surface area contributed by atoms with Gasteiger partial charge in [0.1, 0.15) is 0 Å². The first-order valence-corrected chi connectivity index (χ1v) is 7.40. The van der Waals surface area contributed by atoms with Crippen molar-refractivity contribution in [1.82, 2.24) is 4.98 Å². The predicted octanol–water partition coefficient (Wildman–Crippen LogP) is 5.59. The lowest BCUT2D eigenvalue weighted by Crippen LogP contribution is -1.85. The SMILES string of the molecule is Cc1ccc2c3c(ccc(C)c13)-c1c-2[nH]c2ccccc12. The Kier molecular flexibility index (Phi) is 1.89. The summed E-state index contributed by atoms with van der Waals surface area (Å²) in [6, 6.07) is 17.6. The summed E-state index contributed by atoms with van der Waals surface area (Å²) < 4.78 is 0. The minimum Gasteiger partial charge on any atom is -0.354 e. The first kappa shape index (κ1) is 11.2. The van der Waals surface area contributed by atoms with Crippen molar-refractivity contribution in [2.45, 2.75) is 13.8 Å². The van der Waals surface area contributed by atoms with E-state index in [1.807, 2.05) is 0 Å². The Hall–Kier alpha value is -2.54. The van der Waals surface area contributed by atoms with Gasteiger partial charge in [-0.05, 0) is 47.4 Å². The molecule has 0 radical (unpaired) electrons. The smallest absolute Gasteiger partial charge is 0.0551 e. The minimum absolute atomic E-state index is 1.22. The number of nitrogens with one attached hydrogen (secondary N) is 1. The maximum Gasteiger partial charge on any atom is 0.0551 e. The maximum atomic E-state index is 3.62. The van der Waals surface area contributed by atoms with Gasteiger partial charge in [0, 0.05) is 22.0 Å². The second-order valence-corrected chi connectivity index (χ2v) is 6.03. The molecule has 0 fully saturated rings. The molecule has 5 rings (SSSR count). The number of hydrogen-bond donors (Lipinski definition) is 1. The number of para-hydroxylation sites is 1. The van der Waals surface area contributed by atoms with Crippen LogP contribution in [0.5, 0.6) is 0 Å². The molecule has 0 unspecified atom stereocenters. The predicted molar refractivity (Wildman–Crippen MR) is 89.7 cm³/mol. The van der Waals surface area contributed by atoms with Gasteiger partial charge in [-0.25, -0.2) is 0 Å². The molecular weight excluding hydrogens is 254 g/mol. The van der Waals surface area contributed by atoms with Crippen molar-refractivity contribution in [3.05, 3.63) is 59.7 Å². The quantitative estimate of drug-likeness (QED) is 0.377. The van der Waals surface area contributed by atoms with Crippen molar-refractivity contribution in [1.29, 1.82) is 0 Å². The van der Waals surface area contributed by atoms with E-state index in [1.54, 1.807) is 0 Å². The fourth-order valence-electron chi connectivity index (χ4n) is 3.91. The summed E-state index contributed by atoms with van der Waals surface area (Å²) >= 11 is 0. The second kappa shape index (κ2) is 3.56. The average molecular weight is 269 g/mol. The third-order valence-corrected chi connectivity index (χ3v) is 4.82. The molecule has 0 atom stereocenters. The summed E-state index contributed by atoms with van der Waals surface area (Å²) in [5, 5.41) is 4.16. The summed E-state index contributed by atoms with van der Waals surface area (Å²) in [4.78, 5) is 3.62. The van der Waals surface area contributed by atoms with Crippen LogP contribution in [0, 0.1) is 13.8 Å². The lowest BCUT2D eigenvalue weighted by Gasteiger charge is -2.09. The monoisotopic (exact) mass is 269 g/mol. The van der Waals surface area contributed by atoms with E-state index in [-0.39, 0.29) is 0 Å². The number of aromatic nitrogens is 1. The van der Waals surface area contributed by atoms with Gasteiger partial charge in [0.15, 0.2) is 0 Å². The fraction of sp³-hybridized carbons (Fsp3) is 0.100. The van der Waals surface area contributed by atoms with Crippen LogP contribution in [-0.4, -0.2) is 4.98 Å². The van der Waals surface area contributed by atoms with Crippen LogP contribution in [0.25, 0.3) is 44.1 Å². The molecule has 0 amide bonds. The Balaban J connectivity index is 2.06. The molecule has 1 heterocycles. The maximum absolute atomic E-state index is 3.62. The molecule has 1 heteroatoms. The molecule has 1 nitrogen and oxygen atoms in total. The highest BCUT2D eigenvalue weighted by molar-refractivity contribution is 6.22. The van der Waals surface area contributed by atoms with Gasteiger partial charge in [0.2, 0.25) is 0 Å². The molecule has 1 aromatic heterocycles. The van der Waals surface area contributed by atoms with Gasteiger partial charge in [0.05, 0.1) is 5.69 Å².